The van der Waals surface area contributed by atoms with Crippen LogP contribution in [0.25, 0.3) is 0 Å². The van der Waals surface area contributed by atoms with Gasteiger partial charge in [-0.1, -0.05) is 38.1 Å². The molecule has 0 N–H and O–H groups in total. The zero-order valence-corrected chi connectivity index (χ0v) is 13.7. The highest BCUT2D eigenvalue weighted by Gasteiger charge is 2.34. The van der Waals surface area contributed by atoms with Gasteiger partial charge in [-0.05, 0) is 36.1 Å². The first-order valence-corrected chi connectivity index (χ1v) is 8.25. The number of aryl methyl sites for hydroxylation is 1. The van der Waals surface area contributed by atoms with Crippen molar-refractivity contribution in [3.8, 4) is 0 Å². The number of rotatable bonds is 5. The van der Waals surface area contributed by atoms with Crippen molar-refractivity contribution in [2.75, 3.05) is 0 Å². The largest absolute Gasteiger partial charge is 0.467 e. The number of amides is 1. The molecule has 1 aliphatic heterocycles. The van der Waals surface area contributed by atoms with E-state index < -0.39 is 0 Å². The first-order valence-electron chi connectivity index (χ1n) is 8.25. The summed E-state index contributed by atoms with van der Waals surface area (Å²) in [6.07, 6.45) is 4.67. The van der Waals surface area contributed by atoms with E-state index in [-0.39, 0.29) is 11.9 Å². The molecule has 0 fully saturated rings. The van der Waals surface area contributed by atoms with Crippen LogP contribution in [0.3, 0.4) is 0 Å². The maximum Gasteiger partial charge on any atom is 0.243 e. The number of hydrogen-bond acceptors (Lipinski definition) is 3. The fraction of sp³-hybridized carbons (Fsp3) is 0.368. The van der Waals surface area contributed by atoms with Crippen LogP contribution in [0.2, 0.25) is 0 Å². The second-order valence-electron chi connectivity index (χ2n) is 5.82. The van der Waals surface area contributed by atoms with Crippen molar-refractivity contribution in [2.45, 2.75) is 45.6 Å². The third-order valence-corrected chi connectivity index (χ3v) is 4.20. The van der Waals surface area contributed by atoms with Gasteiger partial charge in [0.15, 0.2) is 0 Å². The number of nitrogens with zero attached hydrogens (tertiary/aromatic N) is 2. The lowest BCUT2D eigenvalue weighted by Gasteiger charge is -2.19. The molecule has 23 heavy (non-hydrogen) atoms. The van der Waals surface area contributed by atoms with Crippen LogP contribution in [0.15, 0.2) is 52.2 Å². The fourth-order valence-corrected chi connectivity index (χ4v) is 2.88. The molecular weight excluding hydrogens is 288 g/mol. The minimum atomic E-state index is -0.134. The molecule has 0 spiro atoms. The second kappa shape index (κ2) is 6.82. The highest BCUT2D eigenvalue weighted by atomic mass is 16.3. The summed E-state index contributed by atoms with van der Waals surface area (Å²) in [6, 6.07) is 12.0. The van der Waals surface area contributed by atoms with Gasteiger partial charge in [-0.3, -0.25) is 4.79 Å². The first kappa shape index (κ1) is 15.5. The van der Waals surface area contributed by atoms with E-state index in [2.05, 4.69) is 36.3 Å². The molecule has 2 heterocycles. The third-order valence-electron chi connectivity index (χ3n) is 4.20. The van der Waals surface area contributed by atoms with Crippen LogP contribution in [-0.4, -0.2) is 16.6 Å². The number of carbonyl (C=O) groups is 1. The lowest BCUT2D eigenvalue weighted by atomic mass is 10.0. The highest BCUT2D eigenvalue weighted by Crippen LogP contribution is 2.33. The summed E-state index contributed by atoms with van der Waals surface area (Å²) >= 11 is 0. The van der Waals surface area contributed by atoms with E-state index in [4.69, 9.17) is 4.42 Å². The van der Waals surface area contributed by atoms with Crippen molar-refractivity contribution in [2.24, 2.45) is 5.10 Å². The fourth-order valence-electron chi connectivity index (χ4n) is 2.88. The van der Waals surface area contributed by atoms with Crippen molar-refractivity contribution >= 4 is 11.6 Å². The first-order chi connectivity index (χ1) is 11.2. The highest BCUT2D eigenvalue weighted by molar-refractivity contribution is 6.03. The molecule has 0 aliphatic carbocycles. The molecule has 0 saturated carbocycles. The lowest BCUT2D eigenvalue weighted by Crippen LogP contribution is -2.26. The Bertz CT molecular complexity index is 687. The van der Waals surface area contributed by atoms with Gasteiger partial charge in [0.25, 0.3) is 0 Å². The van der Waals surface area contributed by atoms with Crippen LogP contribution < -0.4 is 0 Å². The van der Waals surface area contributed by atoms with E-state index in [0.29, 0.717) is 12.8 Å². The summed E-state index contributed by atoms with van der Waals surface area (Å²) in [5.74, 6) is 0.840. The van der Waals surface area contributed by atoms with Gasteiger partial charge >= 0.3 is 0 Å². The number of carbonyl (C=O) groups excluding carboxylic acids is 1. The number of furan rings is 1. The summed E-state index contributed by atoms with van der Waals surface area (Å²) in [4.78, 5) is 12.4. The zero-order valence-electron chi connectivity index (χ0n) is 13.7. The van der Waals surface area contributed by atoms with Gasteiger partial charge in [0, 0.05) is 12.8 Å². The molecule has 4 heteroatoms. The van der Waals surface area contributed by atoms with E-state index in [1.165, 1.54) is 5.56 Å². The normalized spacial score (nSPS) is 17.4. The zero-order chi connectivity index (χ0) is 16.2. The van der Waals surface area contributed by atoms with Crippen LogP contribution in [-0.2, 0) is 11.2 Å². The molecule has 4 nitrogen and oxygen atoms in total. The molecule has 1 aliphatic rings. The molecule has 1 unspecified atom stereocenters. The van der Waals surface area contributed by atoms with E-state index in [0.717, 1.165) is 29.9 Å². The summed E-state index contributed by atoms with van der Waals surface area (Å²) in [7, 11) is 0. The predicted molar refractivity (Wildman–Crippen MR) is 90.2 cm³/mol. The molecule has 0 bridgehead atoms. The van der Waals surface area contributed by atoms with Crippen molar-refractivity contribution in [3.63, 3.8) is 0 Å². The van der Waals surface area contributed by atoms with Gasteiger partial charge in [-0.25, -0.2) is 5.01 Å². The van der Waals surface area contributed by atoms with Crippen LogP contribution in [0.4, 0.5) is 0 Å². The monoisotopic (exact) mass is 310 g/mol. The van der Waals surface area contributed by atoms with E-state index in [1.807, 2.05) is 19.1 Å². The number of hydrogen-bond donors (Lipinski definition) is 0. The van der Waals surface area contributed by atoms with Gasteiger partial charge in [0.05, 0.1) is 12.0 Å². The Morgan fingerprint density at radius 2 is 2.04 bits per heavy atom. The Labute approximate surface area is 136 Å². The second-order valence-corrected chi connectivity index (χ2v) is 5.82. The lowest BCUT2D eigenvalue weighted by molar-refractivity contribution is -0.133. The van der Waals surface area contributed by atoms with Gasteiger partial charge < -0.3 is 4.42 Å². The van der Waals surface area contributed by atoms with Crippen LogP contribution in [0.1, 0.15) is 56.0 Å². The quantitative estimate of drug-likeness (QED) is 0.825. The summed E-state index contributed by atoms with van der Waals surface area (Å²) in [5, 5.41) is 6.21. The number of hydrazone groups is 1. The van der Waals surface area contributed by atoms with Crippen molar-refractivity contribution in [1.82, 2.24) is 5.01 Å². The topological polar surface area (TPSA) is 45.8 Å². The molecule has 0 saturated heterocycles. The maximum absolute atomic E-state index is 12.4. The molecule has 0 radical (unpaired) electrons. The molecule has 1 aromatic heterocycles. The van der Waals surface area contributed by atoms with Crippen molar-refractivity contribution in [1.29, 1.82) is 0 Å². The molecule has 3 rings (SSSR count). The summed E-state index contributed by atoms with van der Waals surface area (Å²) in [6.45, 7) is 4.14. The Kier molecular flexibility index (Phi) is 4.60. The Morgan fingerprint density at radius 3 is 2.65 bits per heavy atom. The summed E-state index contributed by atoms with van der Waals surface area (Å²) in [5.41, 5.74) is 3.32. The van der Waals surface area contributed by atoms with E-state index >= 15 is 0 Å². The van der Waals surface area contributed by atoms with Gasteiger partial charge in [0.1, 0.15) is 11.8 Å². The van der Waals surface area contributed by atoms with Gasteiger partial charge in [-0.2, -0.15) is 5.10 Å². The molecule has 1 amide bonds. The Hall–Kier alpha value is -2.36. The third kappa shape index (κ3) is 3.21. The van der Waals surface area contributed by atoms with Crippen LogP contribution in [0, 0.1) is 0 Å². The average molecular weight is 310 g/mol. The van der Waals surface area contributed by atoms with Crippen LogP contribution in [0.5, 0.6) is 0 Å². The maximum atomic E-state index is 12.4. The minimum Gasteiger partial charge on any atom is -0.467 e. The van der Waals surface area contributed by atoms with E-state index in [9.17, 15) is 4.79 Å². The Balaban J connectivity index is 1.88. The smallest absolute Gasteiger partial charge is 0.243 e. The molecule has 120 valence electrons. The standard InChI is InChI=1S/C19H22N2O2/c1-3-6-19(22)21-17(18-7-5-12-23-18)13-16(20-21)15-10-8-14(4-2)9-11-15/h5,7-12,17H,3-4,6,13H2,1-2H3. The van der Waals surface area contributed by atoms with Gasteiger partial charge in [-0.15, -0.1) is 0 Å². The molecular formula is C19H22N2O2. The van der Waals surface area contributed by atoms with Gasteiger partial charge in [0.2, 0.25) is 5.91 Å². The van der Waals surface area contributed by atoms with Crippen molar-refractivity contribution in [3.05, 3.63) is 59.5 Å². The van der Waals surface area contributed by atoms with Crippen molar-refractivity contribution < 1.29 is 9.21 Å². The Morgan fingerprint density at radius 1 is 1.26 bits per heavy atom. The summed E-state index contributed by atoms with van der Waals surface area (Å²) < 4.78 is 5.53. The number of benzene rings is 1. The predicted octanol–water partition coefficient (Wildman–Crippen LogP) is 4.32. The minimum absolute atomic E-state index is 0.0501. The van der Waals surface area contributed by atoms with E-state index in [1.54, 1.807) is 11.3 Å². The average Bonchev–Trinajstić information content (AvgIpc) is 3.24. The SMILES string of the molecule is CCCC(=O)N1N=C(c2ccc(CC)cc2)CC1c1ccco1. The molecule has 2 aromatic rings. The molecule has 1 aromatic carbocycles. The molecule has 1 atom stereocenters. The van der Waals surface area contributed by atoms with Crippen LogP contribution >= 0.6 is 0 Å².